The summed E-state index contributed by atoms with van der Waals surface area (Å²) in [7, 11) is 1.69. The van der Waals surface area contributed by atoms with Crippen LogP contribution in [0.5, 0.6) is 0 Å². The number of benzene rings is 1. The number of nitrogens with zero attached hydrogens (tertiary/aromatic N) is 1. The van der Waals surface area contributed by atoms with Crippen LogP contribution in [0.4, 0.5) is 0 Å². The third kappa shape index (κ3) is 1.58. The minimum Gasteiger partial charge on any atom is -0.370 e. The fourth-order valence-electron chi connectivity index (χ4n) is 1.85. The fourth-order valence-corrected chi connectivity index (χ4v) is 1.85. The Morgan fingerprint density at radius 2 is 2.36 bits per heavy atom. The van der Waals surface area contributed by atoms with Gasteiger partial charge in [-0.25, -0.2) is 0 Å². The zero-order chi connectivity index (χ0) is 9.97. The smallest absolute Gasteiger partial charge is 0.188 e. The molecule has 0 aliphatic heterocycles. The SMILES string of the molecule is CN=C(N)NCC1Cc2ccccc21. The molecule has 0 radical (unpaired) electrons. The van der Waals surface area contributed by atoms with Gasteiger partial charge in [-0.2, -0.15) is 0 Å². The standard InChI is InChI=1S/C11H15N3/c1-13-11(12)14-7-9-6-8-4-2-3-5-10(8)9/h2-5,9H,6-7H2,1H3,(H3,12,13,14). The van der Waals surface area contributed by atoms with Crippen LogP contribution in [0.2, 0.25) is 0 Å². The summed E-state index contributed by atoms with van der Waals surface area (Å²) >= 11 is 0. The highest BCUT2D eigenvalue weighted by Gasteiger charge is 2.24. The van der Waals surface area contributed by atoms with Crippen molar-refractivity contribution in [2.75, 3.05) is 13.6 Å². The topological polar surface area (TPSA) is 50.4 Å². The van der Waals surface area contributed by atoms with Crippen LogP contribution in [-0.4, -0.2) is 19.6 Å². The number of hydrogen-bond acceptors (Lipinski definition) is 1. The van der Waals surface area contributed by atoms with E-state index in [-0.39, 0.29) is 0 Å². The van der Waals surface area contributed by atoms with Gasteiger partial charge in [-0.3, -0.25) is 4.99 Å². The molecule has 1 aromatic rings. The Kier molecular flexibility index (Phi) is 2.39. The van der Waals surface area contributed by atoms with E-state index in [0.717, 1.165) is 13.0 Å². The summed E-state index contributed by atoms with van der Waals surface area (Å²) in [6.45, 7) is 0.889. The zero-order valence-corrected chi connectivity index (χ0v) is 8.33. The van der Waals surface area contributed by atoms with Crippen molar-refractivity contribution in [3.63, 3.8) is 0 Å². The van der Waals surface area contributed by atoms with E-state index in [4.69, 9.17) is 5.73 Å². The van der Waals surface area contributed by atoms with Gasteiger partial charge >= 0.3 is 0 Å². The van der Waals surface area contributed by atoms with Crippen LogP contribution in [-0.2, 0) is 6.42 Å². The summed E-state index contributed by atoms with van der Waals surface area (Å²) in [6.07, 6.45) is 1.15. The van der Waals surface area contributed by atoms with E-state index in [1.165, 1.54) is 11.1 Å². The van der Waals surface area contributed by atoms with Crippen LogP contribution >= 0.6 is 0 Å². The number of guanidine groups is 1. The van der Waals surface area contributed by atoms with Crippen LogP contribution in [0.1, 0.15) is 17.0 Å². The van der Waals surface area contributed by atoms with Gasteiger partial charge in [-0.1, -0.05) is 24.3 Å². The summed E-state index contributed by atoms with van der Waals surface area (Å²) in [5, 5.41) is 3.10. The summed E-state index contributed by atoms with van der Waals surface area (Å²) < 4.78 is 0. The van der Waals surface area contributed by atoms with Gasteiger partial charge < -0.3 is 11.1 Å². The second kappa shape index (κ2) is 3.70. The number of nitrogens with one attached hydrogen (secondary N) is 1. The lowest BCUT2D eigenvalue weighted by Crippen LogP contribution is -2.37. The molecule has 1 unspecified atom stereocenters. The number of fused-ring (bicyclic) bond motifs is 1. The maximum Gasteiger partial charge on any atom is 0.188 e. The Labute approximate surface area is 84.0 Å². The van der Waals surface area contributed by atoms with Gasteiger partial charge in [-0.15, -0.1) is 0 Å². The first kappa shape index (κ1) is 9.06. The number of hydrogen-bond donors (Lipinski definition) is 2. The van der Waals surface area contributed by atoms with Crippen molar-refractivity contribution in [2.45, 2.75) is 12.3 Å². The third-order valence-electron chi connectivity index (χ3n) is 2.73. The molecular weight excluding hydrogens is 174 g/mol. The summed E-state index contributed by atoms with van der Waals surface area (Å²) in [4.78, 5) is 3.86. The Hall–Kier alpha value is -1.51. The summed E-state index contributed by atoms with van der Waals surface area (Å²) in [5.74, 6) is 1.13. The van der Waals surface area contributed by atoms with E-state index in [2.05, 4.69) is 34.6 Å². The minimum absolute atomic E-state index is 0.523. The predicted octanol–water partition coefficient (Wildman–Crippen LogP) is 0.860. The Morgan fingerprint density at radius 1 is 1.57 bits per heavy atom. The molecule has 3 N–H and O–H groups in total. The molecule has 1 aliphatic rings. The van der Waals surface area contributed by atoms with Gasteiger partial charge in [0.1, 0.15) is 0 Å². The quantitative estimate of drug-likeness (QED) is 0.535. The molecule has 1 aliphatic carbocycles. The highest BCUT2D eigenvalue weighted by Crippen LogP contribution is 2.33. The summed E-state index contributed by atoms with van der Waals surface area (Å²) in [6, 6.07) is 8.54. The Bertz CT molecular complexity index is 357. The number of nitrogens with two attached hydrogens (primary N) is 1. The molecular formula is C11H15N3. The van der Waals surface area contributed by atoms with Crippen molar-refractivity contribution >= 4 is 5.96 Å². The molecule has 0 saturated carbocycles. The van der Waals surface area contributed by atoms with Crippen molar-refractivity contribution in [1.82, 2.24) is 5.32 Å². The molecule has 1 aromatic carbocycles. The lowest BCUT2D eigenvalue weighted by molar-refractivity contribution is 0.589. The Balaban J connectivity index is 1.93. The Morgan fingerprint density at radius 3 is 3.07 bits per heavy atom. The average molecular weight is 189 g/mol. The normalized spacial score (nSPS) is 19.8. The largest absolute Gasteiger partial charge is 0.370 e. The average Bonchev–Trinajstić information content (AvgIpc) is 2.19. The summed E-state index contributed by atoms with van der Waals surface area (Å²) in [5.41, 5.74) is 8.47. The highest BCUT2D eigenvalue weighted by atomic mass is 15.1. The van der Waals surface area contributed by atoms with Crippen molar-refractivity contribution in [3.8, 4) is 0 Å². The van der Waals surface area contributed by atoms with E-state index in [9.17, 15) is 0 Å². The molecule has 2 rings (SSSR count). The van der Waals surface area contributed by atoms with Crippen LogP contribution in [0.3, 0.4) is 0 Å². The van der Waals surface area contributed by atoms with Gasteiger partial charge in [0.05, 0.1) is 0 Å². The van der Waals surface area contributed by atoms with Crippen molar-refractivity contribution < 1.29 is 0 Å². The van der Waals surface area contributed by atoms with Gasteiger partial charge in [0, 0.05) is 19.5 Å². The highest BCUT2D eigenvalue weighted by molar-refractivity contribution is 5.77. The van der Waals surface area contributed by atoms with Crippen LogP contribution < -0.4 is 11.1 Å². The van der Waals surface area contributed by atoms with E-state index < -0.39 is 0 Å². The molecule has 0 saturated heterocycles. The van der Waals surface area contributed by atoms with Gasteiger partial charge in [0.25, 0.3) is 0 Å². The van der Waals surface area contributed by atoms with E-state index in [0.29, 0.717) is 11.9 Å². The molecule has 14 heavy (non-hydrogen) atoms. The molecule has 0 amide bonds. The van der Waals surface area contributed by atoms with Gasteiger partial charge in [-0.05, 0) is 17.5 Å². The van der Waals surface area contributed by atoms with Crippen molar-refractivity contribution in [3.05, 3.63) is 35.4 Å². The van der Waals surface area contributed by atoms with E-state index >= 15 is 0 Å². The zero-order valence-electron chi connectivity index (χ0n) is 8.33. The maximum absolute atomic E-state index is 5.56. The third-order valence-corrected chi connectivity index (χ3v) is 2.73. The molecule has 0 aromatic heterocycles. The van der Waals surface area contributed by atoms with E-state index in [1.807, 2.05) is 0 Å². The van der Waals surface area contributed by atoms with Gasteiger partial charge in [0.15, 0.2) is 5.96 Å². The van der Waals surface area contributed by atoms with Gasteiger partial charge in [0.2, 0.25) is 0 Å². The first-order valence-corrected chi connectivity index (χ1v) is 4.85. The first-order valence-electron chi connectivity index (χ1n) is 4.85. The fraction of sp³-hybridized carbons (Fsp3) is 0.364. The molecule has 74 valence electrons. The number of rotatable bonds is 2. The lowest BCUT2D eigenvalue weighted by Gasteiger charge is -2.30. The second-order valence-electron chi connectivity index (χ2n) is 3.59. The molecule has 0 fully saturated rings. The predicted molar refractivity (Wildman–Crippen MR) is 58.4 cm³/mol. The molecule has 3 nitrogen and oxygen atoms in total. The van der Waals surface area contributed by atoms with Crippen LogP contribution in [0, 0.1) is 0 Å². The second-order valence-corrected chi connectivity index (χ2v) is 3.59. The maximum atomic E-state index is 5.56. The molecule has 1 atom stereocenters. The monoisotopic (exact) mass is 189 g/mol. The first-order chi connectivity index (χ1) is 6.81. The van der Waals surface area contributed by atoms with E-state index in [1.54, 1.807) is 7.05 Å². The molecule has 0 bridgehead atoms. The van der Waals surface area contributed by atoms with Crippen LogP contribution in [0.15, 0.2) is 29.3 Å². The van der Waals surface area contributed by atoms with Crippen LogP contribution in [0.25, 0.3) is 0 Å². The lowest BCUT2D eigenvalue weighted by atomic mass is 9.78. The van der Waals surface area contributed by atoms with Crippen molar-refractivity contribution in [2.24, 2.45) is 10.7 Å². The minimum atomic E-state index is 0.523. The van der Waals surface area contributed by atoms with Crippen molar-refractivity contribution in [1.29, 1.82) is 0 Å². The molecule has 0 heterocycles. The molecule has 0 spiro atoms. The number of aliphatic imine (C=N–C) groups is 1. The molecule has 3 heteroatoms.